The summed E-state index contributed by atoms with van der Waals surface area (Å²) in [5.74, 6) is -0.0752. The molecule has 3 rings (SSSR count). The number of hydrogen-bond donors (Lipinski definition) is 5. The highest BCUT2D eigenvalue weighted by Crippen LogP contribution is 2.41. The molecule has 1 aromatic rings. The van der Waals surface area contributed by atoms with Crippen molar-refractivity contribution in [3.8, 4) is 0 Å². The Labute approximate surface area is 169 Å². The van der Waals surface area contributed by atoms with Crippen LogP contribution in [0.3, 0.4) is 0 Å². The van der Waals surface area contributed by atoms with Gasteiger partial charge in [-0.15, -0.1) is 0 Å². The molecule has 1 aliphatic carbocycles. The second-order valence-corrected chi connectivity index (χ2v) is 8.38. The Morgan fingerprint density at radius 2 is 1.86 bits per heavy atom. The summed E-state index contributed by atoms with van der Waals surface area (Å²) in [5.41, 5.74) is 3.57. The normalized spacial score (nSPS) is 34.5. The number of fused-ring (bicyclic) bond motifs is 1. The molecule has 8 nitrogen and oxygen atoms in total. The lowest BCUT2D eigenvalue weighted by atomic mass is 9.86. The second kappa shape index (κ2) is 8.39. The second-order valence-electron chi connectivity index (χ2n) is 8.38. The Balaban J connectivity index is 1.78. The van der Waals surface area contributed by atoms with Crippen LogP contribution in [0.1, 0.15) is 39.5 Å². The molecular weight excluding hydrogens is 380 g/mol. The van der Waals surface area contributed by atoms with Gasteiger partial charge in [-0.05, 0) is 55.9 Å². The van der Waals surface area contributed by atoms with Crippen molar-refractivity contribution in [2.24, 2.45) is 5.41 Å². The van der Waals surface area contributed by atoms with Gasteiger partial charge in [-0.1, -0.05) is 6.07 Å². The van der Waals surface area contributed by atoms with E-state index in [0.717, 1.165) is 22.3 Å². The zero-order valence-corrected chi connectivity index (χ0v) is 17.0. The number of benzene rings is 1. The number of hydrogen-bond acceptors (Lipinski definition) is 8. The number of rotatable bonds is 6. The molecule has 29 heavy (non-hydrogen) atoms. The first-order chi connectivity index (χ1) is 13.6. The number of carbonyl (C=O) groups is 1. The van der Waals surface area contributed by atoms with E-state index in [1.807, 2.05) is 19.9 Å². The van der Waals surface area contributed by atoms with Crippen molar-refractivity contribution in [2.75, 3.05) is 19.8 Å². The third-order valence-electron chi connectivity index (χ3n) is 6.15. The van der Waals surface area contributed by atoms with Gasteiger partial charge in [-0.25, -0.2) is 0 Å². The van der Waals surface area contributed by atoms with Crippen LogP contribution >= 0.6 is 0 Å². The molecule has 0 radical (unpaired) electrons. The first kappa shape index (κ1) is 22.3. The molecule has 5 N–H and O–H groups in total. The lowest BCUT2D eigenvalue weighted by molar-refractivity contribution is -0.304. The lowest BCUT2D eigenvalue weighted by Crippen LogP contribution is -2.59. The van der Waals surface area contributed by atoms with Crippen LogP contribution in [0.25, 0.3) is 0 Å². The van der Waals surface area contributed by atoms with Gasteiger partial charge in [0.1, 0.15) is 24.4 Å². The number of aliphatic hydroxyl groups excluding tert-OH is 5. The van der Waals surface area contributed by atoms with Gasteiger partial charge < -0.3 is 35.0 Å². The zero-order valence-electron chi connectivity index (χ0n) is 17.0. The van der Waals surface area contributed by atoms with Crippen LogP contribution < -0.4 is 0 Å². The molecule has 2 aliphatic rings. The van der Waals surface area contributed by atoms with Crippen LogP contribution in [0.4, 0.5) is 0 Å². The first-order valence-electron chi connectivity index (χ1n) is 9.84. The molecule has 6 atom stereocenters. The van der Waals surface area contributed by atoms with E-state index in [4.69, 9.17) is 9.47 Å². The average Bonchev–Trinajstić information content (AvgIpc) is 2.93. The summed E-state index contributed by atoms with van der Waals surface area (Å²) in [7, 11) is 0. The maximum Gasteiger partial charge on any atom is 0.186 e. The quantitative estimate of drug-likeness (QED) is 0.419. The molecule has 8 heteroatoms. The summed E-state index contributed by atoms with van der Waals surface area (Å²) in [6, 6.07) is 1.98. The van der Waals surface area contributed by atoms with Crippen molar-refractivity contribution in [3.05, 3.63) is 33.9 Å². The molecule has 0 unspecified atom stereocenters. The summed E-state index contributed by atoms with van der Waals surface area (Å²) in [6.07, 6.45) is -5.88. The Morgan fingerprint density at radius 1 is 1.17 bits per heavy atom. The highest BCUT2D eigenvalue weighted by molar-refractivity contribution is 6.06. The number of ketones is 1. The fraction of sp³-hybridized carbons (Fsp3) is 0.667. The van der Waals surface area contributed by atoms with E-state index in [1.165, 1.54) is 0 Å². The van der Waals surface area contributed by atoms with Crippen molar-refractivity contribution in [1.29, 1.82) is 0 Å². The topological polar surface area (TPSA) is 137 Å². The van der Waals surface area contributed by atoms with Gasteiger partial charge in [-0.3, -0.25) is 4.79 Å². The molecule has 1 aromatic carbocycles. The summed E-state index contributed by atoms with van der Waals surface area (Å²) >= 11 is 0. The first-order valence-corrected chi connectivity index (χ1v) is 9.84. The highest BCUT2D eigenvalue weighted by atomic mass is 16.7. The minimum atomic E-state index is -1.53. The standard InChI is InChI=1S/C21H30O8/c1-10-6-12-7-21(3,19(27)15(12)11(2)13(10)4-5-22)9-28-20-18(26)17(25)16(24)14(8-23)29-20/h6,14,16-18,20,22-26H,4-5,7-9H2,1-3H3/t14-,16-,17+,18-,20-,21-/m0/s1. The van der Waals surface area contributed by atoms with Gasteiger partial charge in [0.15, 0.2) is 12.1 Å². The molecule has 1 saturated heterocycles. The molecule has 1 fully saturated rings. The molecule has 0 saturated carbocycles. The maximum atomic E-state index is 13.2. The third kappa shape index (κ3) is 3.86. The van der Waals surface area contributed by atoms with Crippen molar-refractivity contribution >= 4 is 5.78 Å². The van der Waals surface area contributed by atoms with E-state index >= 15 is 0 Å². The van der Waals surface area contributed by atoms with E-state index in [0.29, 0.717) is 18.4 Å². The van der Waals surface area contributed by atoms with Crippen LogP contribution in [-0.4, -0.2) is 81.8 Å². The van der Waals surface area contributed by atoms with Crippen LogP contribution in [0.2, 0.25) is 0 Å². The van der Waals surface area contributed by atoms with Gasteiger partial charge in [-0.2, -0.15) is 0 Å². The molecule has 0 aromatic heterocycles. The average molecular weight is 410 g/mol. The molecule has 0 bridgehead atoms. The number of carbonyl (C=O) groups excluding carboxylic acids is 1. The van der Waals surface area contributed by atoms with Crippen molar-refractivity contribution in [2.45, 2.75) is 64.3 Å². The molecular formula is C21H30O8. The third-order valence-corrected chi connectivity index (χ3v) is 6.15. The predicted octanol–water partition coefficient (Wildman–Crippen LogP) is -0.600. The minimum absolute atomic E-state index is 0.00610. The van der Waals surface area contributed by atoms with Crippen molar-refractivity contribution in [3.63, 3.8) is 0 Å². The Bertz CT molecular complexity index is 776. The van der Waals surface area contributed by atoms with E-state index < -0.39 is 42.7 Å². The SMILES string of the molecule is Cc1cc2c(c(C)c1CCO)C(=O)[C@](C)(CO[C@H]1O[C@@H](CO)[C@H](O)[C@@H](O)[C@@H]1O)C2. The Hall–Kier alpha value is -1.39. The predicted molar refractivity (Wildman–Crippen MR) is 103 cm³/mol. The molecule has 0 amide bonds. The van der Waals surface area contributed by atoms with Crippen LogP contribution in [-0.2, 0) is 22.3 Å². The van der Waals surface area contributed by atoms with E-state index in [1.54, 1.807) is 6.92 Å². The van der Waals surface area contributed by atoms with Gasteiger partial charge in [0.25, 0.3) is 0 Å². The van der Waals surface area contributed by atoms with Gasteiger partial charge in [0.2, 0.25) is 0 Å². The Morgan fingerprint density at radius 3 is 2.48 bits per heavy atom. The fourth-order valence-electron chi connectivity index (χ4n) is 4.45. The van der Waals surface area contributed by atoms with Gasteiger partial charge in [0.05, 0.1) is 18.6 Å². The van der Waals surface area contributed by atoms with Gasteiger partial charge >= 0.3 is 0 Å². The van der Waals surface area contributed by atoms with E-state index in [-0.39, 0.29) is 19.0 Å². The van der Waals surface area contributed by atoms with E-state index in [2.05, 4.69) is 0 Å². The minimum Gasteiger partial charge on any atom is -0.396 e. The van der Waals surface area contributed by atoms with Crippen molar-refractivity contribution < 1.29 is 39.8 Å². The summed E-state index contributed by atoms with van der Waals surface area (Å²) in [6.45, 7) is 5.03. The molecule has 1 aliphatic heterocycles. The summed E-state index contributed by atoms with van der Waals surface area (Å²) in [4.78, 5) is 13.2. The number of aliphatic hydroxyl groups is 5. The molecule has 162 valence electrons. The number of Topliss-reactive ketones (excluding diaryl/α,β-unsaturated/α-hetero) is 1. The van der Waals surface area contributed by atoms with Crippen molar-refractivity contribution in [1.82, 2.24) is 0 Å². The number of ether oxygens (including phenoxy) is 2. The smallest absolute Gasteiger partial charge is 0.186 e. The zero-order chi connectivity index (χ0) is 21.5. The molecule has 1 heterocycles. The van der Waals surface area contributed by atoms with Crippen LogP contribution in [0.15, 0.2) is 6.07 Å². The highest BCUT2D eigenvalue weighted by Gasteiger charge is 2.47. The molecule has 0 spiro atoms. The maximum absolute atomic E-state index is 13.2. The monoisotopic (exact) mass is 410 g/mol. The fourth-order valence-corrected chi connectivity index (χ4v) is 4.45. The summed E-state index contributed by atoms with van der Waals surface area (Å²) < 4.78 is 11.0. The Kier molecular flexibility index (Phi) is 6.45. The van der Waals surface area contributed by atoms with E-state index in [9.17, 15) is 30.3 Å². The van der Waals surface area contributed by atoms with Gasteiger partial charge in [0, 0.05) is 12.2 Å². The lowest BCUT2D eigenvalue weighted by Gasteiger charge is -2.40. The van der Waals surface area contributed by atoms with Crippen LogP contribution in [0, 0.1) is 19.3 Å². The van der Waals surface area contributed by atoms with Crippen LogP contribution in [0.5, 0.6) is 0 Å². The summed E-state index contributed by atoms with van der Waals surface area (Å²) in [5, 5.41) is 48.5. The largest absolute Gasteiger partial charge is 0.396 e. The number of aryl methyl sites for hydroxylation is 1.